The number of nitrogens with one attached hydrogen (secondary N) is 1. The number of aromatic nitrogens is 1. The van der Waals surface area contributed by atoms with E-state index in [1.54, 1.807) is 0 Å². The number of benzene rings is 2. The predicted octanol–water partition coefficient (Wildman–Crippen LogP) is 4.58. The molecule has 19 heavy (non-hydrogen) atoms. The maximum absolute atomic E-state index is 6.72. The highest BCUT2D eigenvalue weighted by molar-refractivity contribution is 6.25. The summed E-state index contributed by atoms with van der Waals surface area (Å²) in [7, 11) is 2.08. The third-order valence-corrected chi connectivity index (χ3v) is 4.34. The van der Waals surface area contributed by atoms with Gasteiger partial charge in [-0.2, -0.15) is 0 Å². The zero-order valence-electron chi connectivity index (χ0n) is 10.5. The van der Waals surface area contributed by atoms with E-state index in [0.29, 0.717) is 0 Å². The second-order valence-electron chi connectivity index (χ2n) is 4.91. The lowest BCUT2D eigenvalue weighted by Gasteiger charge is -2.30. The van der Waals surface area contributed by atoms with Crippen molar-refractivity contribution >= 4 is 34.0 Å². The lowest BCUT2D eigenvalue weighted by Crippen LogP contribution is -2.19. The topological polar surface area (TPSA) is 19.0 Å². The number of hydrogen-bond acceptors (Lipinski definition) is 1. The van der Waals surface area contributed by atoms with Crippen molar-refractivity contribution in [2.24, 2.45) is 0 Å². The van der Waals surface area contributed by atoms with Crippen LogP contribution in [0, 0.1) is 0 Å². The highest BCUT2D eigenvalue weighted by Gasteiger charge is 2.30. The van der Waals surface area contributed by atoms with E-state index in [1.807, 2.05) is 18.2 Å². The number of anilines is 2. The number of nitrogens with zero attached hydrogens (tertiary/aromatic N) is 1. The number of rotatable bonds is 0. The number of alkyl halides is 1. The van der Waals surface area contributed by atoms with Crippen LogP contribution < -0.4 is 4.90 Å². The van der Waals surface area contributed by atoms with Crippen LogP contribution in [0.25, 0.3) is 10.9 Å². The van der Waals surface area contributed by atoms with Crippen molar-refractivity contribution in [2.45, 2.75) is 5.38 Å². The zero-order chi connectivity index (χ0) is 13.0. The fourth-order valence-electron chi connectivity index (χ4n) is 2.95. The molecule has 0 radical (unpaired) electrons. The van der Waals surface area contributed by atoms with E-state index >= 15 is 0 Å². The molecular weight excluding hydrogens is 256 g/mol. The number of fused-ring (bicyclic) bond motifs is 4. The summed E-state index contributed by atoms with van der Waals surface area (Å²) in [6, 6.07) is 16.6. The van der Waals surface area contributed by atoms with Crippen LogP contribution in [0.4, 0.5) is 11.5 Å². The maximum Gasteiger partial charge on any atom is 0.116 e. The van der Waals surface area contributed by atoms with Gasteiger partial charge in [0, 0.05) is 29.2 Å². The molecule has 1 unspecified atom stereocenters. The highest BCUT2D eigenvalue weighted by Crippen LogP contribution is 2.48. The minimum absolute atomic E-state index is 0.0986. The molecule has 0 fully saturated rings. The van der Waals surface area contributed by atoms with E-state index in [4.69, 9.17) is 11.6 Å². The van der Waals surface area contributed by atoms with Crippen LogP contribution >= 0.6 is 11.6 Å². The largest absolute Gasteiger partial charge is 0.341 e. The summed E-state index contributed by atoms with van der Waals surface area (Å²) in [6.07, 6.45) is 0. The molecule has 1 aromatic heterocycles. The predicted molar refractivity (Wildman–Crippen MR) is 80.5 cm³/mol. The van der Waals surface area contributed by atoms with Gasteiger partial charge in [0.05, 0.1) is 5.38 Å². The van der Waals surface area contributed by atoms with Crippen molar-refractivity contribution in [3.63, 3.8) is 0 Å². The molecule has 0 bridgehead atoms. The molecular formula is C16H13ClN2. The van der Waals surface area contributed by atoms with Gasteiger partial charge in [0.1, 0.15) is 5.82 Å². The summed E-state index contributed by atoms with van der Waals surface area (Å²) >= 11 is 6.72. The Morgan fingerprint density at radius 3 is 2.68 bits per heavy atom. The monoisotopic (exact) mass is 268 g/mol. The summed E-state index contributed by atoms with van der Waals surface area (Å²) in [6.45, 7) is 0. The molecule has 2 nitrogen and oxygen atoms in total. The fraction of sp³-hybridized carbons (Fsp3) is 0.125. The highest BCUT2D eigenvalue weighted by atomic mass is 35.5. The van der Waals surface area contributed by atoms with E-state index in [1.165, 1.54) is 22.2 Å². The van der Waals surface area contributed by atoms with E-state index in [0.717, 1.165) is 11.3 Å². The van der Waals surface area contributed by atoms with E-state index in [-0.39, 0.29) is 5.38 Å². The first kappa shape index (κ1) is 10.9. The minimum atomic E-state index is -0.0986. The normalized spacial score (nSPS) is 17.4. The first-order valence-electron chi connectivity index (χ1n) is 6.34. The fourth-order valence-corrected chi connectivity index (χ4v) is 3.36. The second-order valence-corrected chi connectivity index (χ2v) is 5.35. The molecule has 1 N–H and O–H groups in total. The minimum Gasteiger partial charge on any atom is -0.341 e. The van der Waals surface area contributed by atoms with Gasteiger partial charge in [0.25, 0.3) is 0 Å². The number of halogens is 1. The van der Waals surface area contributed by atoms with Crippen molar-refractivity contribution in [2.75, 3.05) is 11.9 Å². The summed E-state index contributed by atoms with van der Waals surface area (Å²) in [5.41, 5.74) is 4.65. The van der Waals surface area contributed by atoms with E-state index < -0.39 is 0 Å². The van der Waals surface area contributed by atoms with Crippen LogP contribution in [-0.4, -0.2) is 12.0 Å². The molecule has 94 valence electrons. The smallest absolute Gasteiger partial charge is 0.116 e. The molecule has 0 aliphatic carbocycles. The Morgan fingerprint density at radius 1 is 1.05 bits per heavy atom. The summed E-state index contributed by atoms with van der Waals surface area (Å²) < 4.78 is 0. The van der Waals surface area contributed by atoms with E-state index in [9.17, 15) is 0 Å². The molecule has 0 spiro atoms. The summed E-state index contributed by atoms with van der Waals surface area (Å²) in [5, 5.41) is 1.11. The van der Waals surface area contributed by atoms with Gasteiger partial charge in [0.2, 0.25) is 0 Å². The molecule has 4 rings (SSSR count). The Balaban J connectivity index is 2.07. The lowest BCUT2D eigenvalue weighted by atomic mass is 9.97. The Kier molecular flexibility index (Phi) is 2.18. The Bertz CT molecular complexity index is 775. The van der Waals surface area contributed by atoms with Crippen LogP contribution in [-0.2, 0) is 0 Å². The molecule has 1 aliphatic rings. The molecule has 0 saturated heterocycles. The summed E-state index contributed by atoms with van der Waals surface area (Å²) in [4.78, 5) is 5.66. The molecule has 2 aromatic carbocycles. The van der Waals surface area contributed by atoms with Crippen LogP contribution in [0.5, 0.6) is 0 Å². The quantitative estimate of drug-likeness (QED) is 0.592. The average molecular weight is 269 g/mol. The van der Waals surface area contributed by atoms with Crippen LogP contribution in [0.15, 0.2) is 48.5 Å². The first-order valence-corrected chi connectivity index (χ1v) is 6.78. The molecule has 0 amide bonds. The first-order chi connectivity index (χ1) is 9.27. The standard InChI is InChI=1S/C16H13ClN2/c1-19-13-9-5-3-7-11(13)15(17)14-10-6-2-4-8-12(10)18-16(14)19/h2-9,15,18H,1H3. The number of para-hydroxylation sites is 2. The third kappa shape index (κ3) is 1.38. The van der Waals surface area contributed by atoms with Gasteiger partial charge in [-0.25, -0.2) is 0 Å². The van der Waals surface area contributed by atoms with Crippen molar-refractivity contribution in [1.29, 1.82) is 0 Å². The zero-order valence-corrected chi connectivity index (χ0v) is 11.3. The van der Waals surface area contributed by atoms with Crippen molar-refractivity contribution in [1.82, 2.24) is 4.98 Å². The average Bonchev–Trinajstić information content (AvgIpc) is 2.84. The molecule has 2 heterocycles. The SMILES string of the molecule is CN1c2ccccc2C(Cl)c2c1[nH]c1ccccc21. The summed E-state index contributed by atoms with van der Waals surface area (Å²) in [5.74, 6) is 1.10. The second kappa shape index (κ2) is 3.78. The number of H-pyrrole nitrogens is 1. The Morgan fingerprint density at radius 2 is 1.79 bits per heavy atom. The van der Waals surface area contributed by atoms with Crippen molar-refractivity contribution in [3.05, 3.63) is 59.7 Å². The molecule has 3 aromatic rings. The molecule has 1 atom stereocenters. The van der Waals surface area contributed by atoms with Gasteiger partial charge in [0.15, 0.2) is 0 Å². The van der Waals surface area contributed by atoms with Gasteiger partial charge < -0.3 is 9.88 Å². The van der Waals surface area contributed by atoms with Crippen molar-refractivity contribution < 1.29 is 0 Å². The van der Waals surface area contributed by atoms with Crippen molar-refractivity contribution in [3.8, 4) is 0 Å². The van der Waals surface area contributed by atoms with Gasteiger partial charge in [-0.15, -0.1) is 11.6 Å². The van der Waals surface area contributed by atoms with Crippen LogP contribution in [0.3, 0.4) is 0 Å². The number of hydrogen-bond donors (Lipinski definition) is 1. The third-order valence-electron chi connectivity index (χ3n) is 3.89. The van der Waals surface area contributed by atoms with Crippen LogP contribution in [0.2, 0.25) is 0 Å². The number of aromatic amines is 1. The van der Waals surface area contributed by atoms with Gasteiger partial charge in [-0.3, -0.25) is 0 Å². The molecule has 1 aliphatic heterocycles. The Labute approximate surface area is 116 Å². The Hall–Kier alpha value is -1.93. The molecule has 3 heteroatoms. The van der Waals surface area contributed by atoms with E-state index in [2.05, 4.69) is 47.3 Å². The van der Waals surface area contributed by atoms with Gasteiger partial charge >= 0.3 is 0 Å². The van der Waals surface area contributed by atoms with Gasteiger partial charge in [-0.05, 0) is 17.7 Å². The maximum atomic E-state index is 6.72. The van der Waals surface area contributed by atoms with Gasteiger partial charge in [-0.1, -0.05) is 36.4 Å². The van der Waals surface area contributed by atoms with Crippen LogP contribution in [0.1, 0.15) is 16.5 Å². The molecule has 0 saturated carbocycles. The lowest BCUT2D eigenvalue weighted by molar-refractivity contribution is 1.02.